The molecule has 3 rings (SSSR count). The van der Waals surface area contributed by atoms with Gasteiger partial charge in [0.05, 0.1) is 23.3 Å². The Balaban J connectivity index is 0.000000717. The number of thiophene rings is 1. The predicted molar refractivity (Wildman–Crippen MR) is 147 cm³/mol. The van der Waals surface area contributed by atoms with Crippen molar-refractivity contribution in [2.45, 2.75) is 105 Å². The lowest BCUT2D eigenvalue weighted by molar-refractivity contribution is -0.140. The Kier molecular flexibility index (Phi) is 11.6. The molecule has 8 heteroatoms. The smallest absolute Gasteiger partial charge is 0.348 e. The van der Waals surface area contributed by atoms with Crippen molar-refractivity contribution in [3.05, 3.63) is 15.8 Å². The van der Waals surface area contributed by atoms with E-state index in [2.05, 4.69) is 23.5 Å². The molecule has 0 bridgehead atoms. The molecule has 1 aromatic heterocycles. The summed E-state index contributed by atoms with van der Waals surface area (Å²) in [4.78, 5) is 38.3. The summed E-state index contributed by atoms with van der Waals surface area (Å²) >= 11 is 1.15. The third-order valence-corrected chi connectivity index (χ3v) is 7.74. The maximum absolute atomic E-state index is 13.7. The van der Waals surface area contributed by atoms with Gasteiger partial charge >= 0.3 is 11.9 Å². The van der Waals surface area contributed by atoms with Crippen LogP contribution < -0.4 is 4.90 Å². The zero-order valence-electron chi connectivity index (χ0n) is 23.1. The fourth-order valence-corrected chi connectivity index (χ4v) is 5.58. The second-order valence-corrected chi connectivity index (χ2v) is 12.2. The fraction of sp³-hybridized carbons (Fsp3) is 0.690. The van der Waals surface area contributed by atoms with E-state index >= 15 is 0 Å². The Morgan fingerprint density at radius 3 is 2.14 bits per heavy atom. The van der Waals surface area contributed by atoms with Gasteiger partial charge in [-0.15, -0.1) is 11.3 Å². The normalized spacial score (nSPS) is 23.5. The van der Waals surface area contributed by atoms with Crippen LogP contribution in [0.25, 0.3) is 0 Å². The molecule has 2 fully saturated rings. The van der Waals surface area contributed by atoms with Gasteiger partial charge in [-0.3, -0.25) is 9.59 Å². The van der Waals surface area contributed by atoms with Gasteiger partial charge in [0.1, 0.15) is 4.88 Å². The van der Waals surface area contributed by atoms with Crippen molar-refractivity contribution in [1.82, 2.24) is 0 Å². The summed E-state index contributed by atoms with van der Waals surface area (Å²) in [6.07, 6.45) is 6.10. The Hall–Kier alpha value is -2.37. The maximum atomic E-state index is 13.7. The number of aromatic carboxylic acids is 1. The molecule has 0 atom stereocenters. The lowest BCUT2D eigenvalue weighted by atomic mass is 9.81. The highest BCUT2D eigenvalue weighted by Gasteiger charge is 2.37. The first-order valence-corrected chi connectivity index (χ1v) is 14.2. The van der Waals surface area contributed by atoms with Crippen molar-refractivity contribution in [2.75, 3.05) is 11.5 Å². The van der Waals surface area contributed by atoms with Gasteiger partial charge in [-0.2, -0.15) is 0 Å². The number of carbonyl (C=O) groups excluding carboxylic acids is 2. The highest BCUT2D eigenvalue weighted by atomic mass is 32.1. The average molecular weight is 534 g/mol. The van der Waals surface area contributed by atoms with Crippen LogP contribution in [0.4, 0.5) is 5.69 Å². The van der Waals surface area contributed by atoms with Crippen molar-refractivity contribution in [3.63, 3.8) is 0 Å². The van der Waals surface area contributed by atoms with Crippen molar-refractivity contribution < 1.29 is 29.3 Å². The fourth-order valence-electron chi connectivity index (χ4n) is 4.74. The minimum absolute atomic E-state index is 0.0453. The van der Waals surface area contributed by atoms with E-state index in [-0.39, 0.29) is 40.2 Å². The number of carboxylic acid groups (broad SMARTS) is 1. The van der Waals surface area contributed by atoms with E-state index in [9.17, 15) is 24.6 Å². The van der Waals surface area contributed by atoms with Crippen LogP contribution in [-0.4, -0.2) is 46.8 Å². The van der Waals surface area contributed by atoms with E-state index in [0.29, 0.717) is 48.8 Å². The molecule has 0 aliphatic heterocycles. The van der Waals surface area contributed by atoms with E-state index in [1.54, 1.807) is 17.9 Å². The number of nitrogens with zero attached hydrogens (tertiary/aromatic N) is 1. The minimum Gasteiger partial charge on any atom is -0.477 e. The molecule has 1 heterocycles. The number of aliphatic hydroxyl groups excluding tert-OH is 1. The molecule has 2 aliphatic rings. The Morgan fingerprint density at radius 1 is 1.08 bits per heavy atom. The van der Waals surface area contributed by atoms with Gasteiger partial charge < -0.3 is 19.8 Å². The number of hydrogen-bond acceptors (Lipinski definition) is 6. The second-order valence-electron chi connectivity index (χ2n) is 11.2. The van der Waals surface area contributed by atoms with Crippen molar-refractivity contribution in [1.29, 1.82) is 0 Å². The zero-order valence-corrected chi connectivity index (χ0v) is 24.0. The topological polar surface area (TPSA) is 104 Å². The lowest BCUT2D eigenvalue weighted by Crippen LogP contribution is -2.47. The molecule has 7 nitrogen and oxygen atoms in total. The van der Waals surface area contributed by atoms with Crippen LogP contribution in [0.15, 0.2) is 6.07 Å². The number of anilines is 1. The van der Waals surface area contributed by atoms with E-state index in [1.165, 1.54) is 6.92 Å². The number of carboxylic acids is 1. The van der Waals surface area contributed by atoms with Crippen molar-refractivity contribution >= 4 is 34.9 Å². The van der Waals surface area contributed by atoms with Crippen LogP contribution >= 0.6 is 11.3 Å². The third kappa shape index (κ3) is 9.79. The van der Waals surface area contributed by atoms with E-state index < -0.39 is 5.97 Å². The van der Waals surface area contributed by atoms with Gasteiger partial charge in [-0.25, -0.2) is 4.79 Å². The molecule has 37 heavy (non-hydrogen) atoms. The highest BCUT2D eigenvalue weighted by Crippen LogP contribution is 2.38. The molecule has 2 N–H and O–H groups in total. The lowest BCUT2D eigenvalue weighted by Gasteiger charge is -2.38. The minimum atomic E-state index is -1.02. The average Bonchev–Trinajstić information content (AvgIpc) is 3.24. The van der Waals surface area contributed by atoms with Crippen LogP contribution in [-0.2, 0) is 14.3 Å². The summed E-state index contributed by atoms with van der Waals surface area (Å²) < 4.78 is 4.40. The molecule has 0 aromatic carbocycles. The number of hydrogen-bond donors (Lipinski definition) is 2. The molecule has 0 spiro atoms. The van der Waals surface area contributed by atoms with Gasteiger partial charge in [-0.05, 0) is 91.0 Å². The predicted octanol–water partition coefficient (Wildman–Crippen LogP) is 5.88. The maximum Gasteiger partial charge on any atom is 0.348 e. The first kappa shape index (κ1) is 30.9. The van der Waals surface area contributed by atoms with Crippen molar-refractivity contribution in [3.8, 4) is 11.8 Å². The van der Waals surface area contributed by atoms with Gasteiger partial charge in [0.2, 0.25) is 5.91 Å². The van der Waals surface area contributed by atoms with Crippen LogP contribution in [0, 0.1) is 29.1 Å². The molecule has 0 radical (unpaired) electrons. The second kappa shape index (κ2) is 14.0. The number of aliphatic hydroxyl groups is 1. The van der Waals surface area contributed by atoms with Crippen LogP contribution in [0.5, 0.6) is 0 Å². The van der Waals surface area contributed by atoms with Gasteiger partial charge in [0.25, 0.3) is 0 Å². The van der Waals surface area contributed by atoms with Crippen molar-refractivity contribution in [2.24, 2.45) is 17.3 Å². The summed E-state index contributed by atoms with van der Waals surface area (Å²) in [5, 5.41) is 19.9. The molecule has 0 unspecified atom stereocenters. The standard InChI is InChI=1S/C25H35NO4S.C4H8O2/c1-16-5-7-17(8-6-16)23(28)26(18-9-11-19(27)12-10-18)21-15-20(13-14-25(2,3)4)31-22(21)24(29)30;1-3-6-4(2)5/h15-19,27H,5-12H2,1-4H3,(H,29,30);3H2,1-2H3. The largest absolute Gasteiger partial charge is 0.477 e. The van der Waals surface area contributed by atoms with Gasteiger partial charge in [-0.1, -0.05) is 18.8 Å². The van der Waals surface area contributed by atoms with Crippen LogP contribution in [0.2, 0.25) is 0 Å². The first-order valence-electron chi connectivity index (χ1n) is 13.4. The number of amides is 1. The van der Waals surface area contributed by atoms with Crippen LogP contribution in [0.1, 0.15) is 107 Å². The molecule has 2 aliphatic carbocycles. The van der Waals surface area contributed by atoms with Gasteiger partial charge in [0, 0.05) is 24.3 Å². The first-order chi connectivity index (χ1) is 17.3. The number of esters is 1. The molecule has 0 saturated heterocycles. The Labute approximate surface area is 225 Å². The summed E-state index contributed by atoms with van der Waals surface area (Å²) in [7, 11) is 0. The monoisotopic (exact) mass is 533 g/mol. The number of ether oxygens (including phenoxy) is 1. The molecular formula is C29H43NO6S. The van der Waals surface area contributed by atoms with Gasteiger partial charge in [0.15, 0.2) is 0 Å². The Bertz CT molecular complexity index is 982. The third-order valence-electron chi connectivity index (χ3n) is 6.71. The Morgan fingerprint density at radius 2 is 1.68 bits per heavy atom. The molecule has 2 saturated carbocycles. The molecule has 1 amide bonds. The highest BCUT2D eigenvalue weighted by molar-refractivity contribution is 7.15. The molecular weight excluding hydrogens is 490 g/mol. The summed E-state index contributed by atoms with van der Waals surface area (Å²) in [5.41, 5.74) is 0.294. The molecule has 1 aromatic rings. The van der Waals surface area contributed by atoms with E-state index in [4.69, 9.17) is 0 Å². The molecule has 206 valence electrons. The summed E-state index contributed by atoms with van der Waals surface area (Å²) in [6.45, 7) is 11.9. The van der Waals surface area contributed by atoms with E-state index in [0.717, 1.165) is 37.0 Å². The summed E-state index contributed by atoms with van der Waals surface area (Å²) in [5.74, 6) is 5.68. The number of carbonyl (C=O) groups is 3. The van der Waals surface area contributed by atoms with Crippen LogP contribution in [0.3, 0.4) is 0 Å². The van der Waals surface area contributed by atoms with E-state index in [1.807, 2.05) is 20.8 Å². The zero-order chi connectivity index (χ0) is 27.8. The SMILES string of the molecule is CC1CCC(C(=O)N(c2cc(C#CC(C)(C)C)sc2C(=O)O)C2CCC(O)CC2)CC1.CCOC(C)=O. The summed E-state index contributed by atoms with van der Waals surface area (Å²) in [6, 6.07) is 1.72. The quantitative estimate of drug-likeness (QED) is 0.362. The number of rotatable bonds is 5.